The van der Waals surface area contributed by atoms with E-state index < -0.39 is 5.60 Å². The molecule has 0 radical (unpaired) electrons. The summed E-state index contributed by atoms with van der Waals surface area (Å²) in [6.07, 6.45) is 12.1. The van der Waals surface area contributed by atoms with E-state index in [1.807, 2.05) is 0 Å². The monoisotopic (exact) mass is 312 g/mol. The minimum atomic E-state index is -0.799. The van der Waals surface area contributed by atoms with E-state index in [1.54, 1.807) is 6.92 Å². The summed E-state index contributed by atoms with van der Waals surface area (Å²) in [4.78, 5) is 10.5. The fraction of sp³-hybridized carbons (Fsp3) is 0.950. The third-order valence-electron chi connectivity index (χ3n) is 4.81. The van der Waals surface area contributed by atoms with Crippen molar-refractivity contribution in [2.75, 3.05) is 0 Å². The molecule has 0 saturated carbocycles. The zero-order valence-corrected chi connectivity index (χ0v) is 15.7. The van der Waals surface area contributed by atoms with Crippen LogP contribution in [-0.2, 0) is 4.79 Å². The molecule has 0 fully saturated rings. The maximum atomic E-state index is 10.5. The van der Waals surface area contributed by atoms with Crippen molar-refractivity contribution in [1.82, 2.24) is 0 Å². The first-order chi connectivity index (χ1) is 10.3. The van der Waals surface area contributed by atoms with E-state index in [0.717, 1.165) is 43.3 Å². The molecular weight excluding hydrogens is 272 g/mol. The maximum absolute atomic E-state index is 10.5. The van der Waals surface area contributed by atoms with Gasteiger partial charge in [-0.2, -0.15) is 0 Å². The van der Waals surface area contributed by atoms with Gasteiger partial charge in [-0.05, 0) is 31.1 Å². The summed E-state index contributed by atoms with van der Waals surface area (Å²) in [5.41, 5.74) is -0.799. The molecule has 1 N–H and O–H groups in total. The third-order valence-corrected chi connectivity index (χ3v) is 4.81. The lowest BCUT2D eigenvalue weighted by molar-refractivity contribution is -0.112. The average Bonchev–Trinajstić information content (AvgIpc) is 2.37. The van der Waals surface area contributed by atoms with Gasteiger partial charge in [0.2, 0.25) is 0 Å². The predicted molar refractivity (Wildman–Crippen MR) is 96.0 cm³/mol. The van der Waals surface area contributed by atoms with Crippen molar-refractivity contribution in [3.05, 3.63) is 0 Å². The summed E-state index contributed by atoms with van der Waals surface area (Å²) in [5.74, 6) is 2.43. The van der Waals surface area contributed by atoms with Crippen LogP contribution in [0, 0.1) is 17.8 Å². The normalized spacial score (nSPS) is 17.2. The van der Waals surface area contributed by atoms with Crippen molar-refractivity contribution in [1.29, 1.82) is 0 Å². The Morgan fingerprint density at radius 3 is 1.77 bits per heavy atom. The van der Waals surface area contributed by atoms with E-state index in [0.29, 0.717) is 0 Å². The van der Waals surface area contributed by atoms with Gasteiger partial charge in [0.15, 0.2) is 0 Å². The minimum absolute atomic E-state index is 0.259. The minimum Gasteiger partial charge on any atom is -0.390 e. The maximum Gasteiger partial charge on any atom is 0.122 e. The van der Waals surface area contributed by atoms with Gasteiger partial charge in [-0.25, -0.2) is 0 Å². The second-order valence-corrected chi connectivity index (χ2v) is 8.23. The van der Waals surface area contributed by atoms with Crippen LogP contribution in [-0.4, -0.2) is 17.0 Å². The van der Waals surface area contributed by atoms with Crippen LogP contribution < -0.4 is 0 Å². The topological polar surface area (TPSA) is 37.3 Å². The van der Waals surface area contributed by atoms with Crippen LogP contribution in [0.2, 0.25) is 0 Å². The molecule has 0 aromatic carbocycles. The van der Waals surface area contributed by atoms with Gasteiger partial charge >= 0.3 is 0 Å². The van der Waals surface area contributed by atoms with Crippen molar-refractivity contribution in [2.24, 2.45) is 17.8 Å². The number of hydrogen-bond acceptors (Lipinski definition) is 2. The highest BCUT2D eigenvalue weighted by Gasteiger charge is 2.19. The molecule has 2 heteroatoms. The lowest BCUT2D eigenvalue weighted by Crippen LogP contribution is -2.24. The second kappa shape index (κ2) is 12.1. The quantitative estimate of drug-likeness (QED) is 0.414. The summed E-state index contributed by atoms with van der Waals surface area (Å²) in [7, 11) is 0. The summed E-state index contributed by atoms with van der Waals surface area (Å²) < 4.78 is 0. The van der Waals surface area contributed by atoms with Crippen LogP contribution in [0.5, 0.6) is 0 Å². The highest BCUT2D eigenvalue weighted by atomic mass is 16.3. The van der Waals surface area contributed by atoms with Gasteiger partial charge in [-0.15, -0.1) is 0 Å². The van der Waals surface area contributed by atoms with Crippen molar-refractivity contribution in [3.63, 3.8) is 0 Å². The molecule has 132 valence electrons. The van der Waals surface area contributed by atoms with Crippen LogP contribution in [0.15, 0.2) is 0 Å². The van der Waals surface area contributed by atoms with Crippen LogP contribution in [0.1, 0.15) is 98.8 Å². The lowest BCUT2D eigenvalue weighted by Gasteiger charge is -2.21. The Hall–Kier alpha value is -0.370. The first-order valence-corrected chi connectivity index (χ1v) is 9.43. The van der Waals surface area contributed by atoms with E-state index in [9.17, 15) is 9.90 Å². The van der Waals surface area contributed by atoms with Crippen molar-refractivity contribution in [3.8, 4) is 0 Å². The van der Waals surface area contributed by atoms with E-state index in [-0.39, 0.29) is 6.42 Å². The summed E-state index contributed by atoms with van der Waals surface area (Å²) in [6.45, 7) is 11.1. The van der Waals surface area contributed by atoms with Crippen molar-refractivity contribution < 1.29 is 9.90 Å². The molecule has 0 heterocycles. The standard InChI is InChI=1S/C20H40O2/c1-17(2)9-6-10-18(3)11-7-12-19(4)13-8-14-20(5,22)15-16-21/h16-19,22H,6-15H2,1-5H3. The molecule has 0 aliphatic carbocycles. The molecular formula is C20H40O2. The summed E-state index contributed by atoms with van der Waals surface area (Å²) in [5, 5.41) is 9.97. The van der Waals surface area contributed by atoms with Crippen molar-refractivity contribution >= 4 is 6.29 Å². The molecule has 3 atom stereocenters. The largest absolute Gasteiger partial charge is 0.390 e. The summed E-state index contributed by atoms with van der Waals surface area (Å²) in [6, 6.07) is 0. The van der Waals surface area contributed by atoms with Gasteiger partial charge in [0, 0.05) is 6.42 Å². The van der Waals surface area contributed by atoms with E-state index in [4.69, 9.17) is 0 Å². The number of aliphatic hydroxyl groups is 1. The highest BCUT2D eigenvalue weighted by Crippen LogP contribution is 2.23. The Bertz CT molecular complexity index is 271. The zero-order valence-electron chi connectivity index (χ0n) is 15.7. The molecule has 0 aromatic heterocycles. The van der Waals surface area contributed by atoms with Gasteiger partial charge in [-0.3, -0.25) is 0 Å². The number of carbonyl (C=O) groups excluding carboxylic acids is 1. The molecule has 0 amide bonds. The SMILES string of the molecule is CC(C)CCCC(C)CCCC(C)CCCC(C)(O)CC=O. The first kappa shape index (κ1) is 21.6. The molecule has 2 nitrogen and oxygen atoms in total. The van der Waals surface area contributed by atoms with E-state index >= 15 is 0 Å². The predicted octanol–water partition coefficient (Wildman–Crippen LogP) is 5.77. The molecule has 0 aromatic rings. The average molecular weight is 313 g/mol. The highest BCUT2D eigenvalue weighted by molar-refractivity contribution is 5.51. The molecule has 0 saturated heterocycles. The molecule has 0 spiro atoms. The zero-order chi connectivity index (χ0) is 17.0. The Balaban J connectivity index is 3.60. The molecule has 0 rings (SSSR count). The number of carbonyl (C=O) groups is 1. The Labute approximate surface area is 139 Å². The summed E-state index contributed by atoms with van der Waals surface area (Å²) >= 11 is 0. The fourth-order valence-corrected chi connectivity index (χ4v) is 3.09. The molecule has 22 heavy (non-hydrogen) atoms. The fourth-order valence-electron chi connectivity index (χ4n) is 3.09. The molecule has 0 aliphatic rings. The number of hydrogen-bond donors (Lipinski definition) is 1. The Kier molecular flexibility index (Phi) is 11.9. The number of aldehydes is 1. The van der Waals surface area contributed by atoms with E-state index in [2.05, 4.69) is 27.7 Å². The first-order valence-electron chi connectivity index (χ1n) is 9.43. The van der Waals surface area contributed by atoms with Crippen LogP contribution >= 0.6 is 0 Å². The van der Waals surface area contributed by atoms with Crippen LogP contribution in [0.25, 0.3) is 0 Å². The van der Waals surface area contributed by atoms with Gasteiger partial charge < -0.3 is 9.90 Å². The van der Waals surface area contributed by atoms with Crippen LogP contribution in [0.3, 0.4) is 0 Å². The Morgan fingerprint density at radius 1 is 0.864 bits per heavy atom. The molecule has 0 bridgehead atoms. The van der Waals surface area contributed by atoms with Gasteiger partial charge in [0.25, 0.3) is 0 Å². The van der Waals surface area contributed by atoms with Gasteiger partial charge in [0.1, 0.15) is 6.29 Å². The molecule has 0 aliphatic heterocycles. The third kappa shape index (κ3) is 13.3. The number of rotatable bonds is 14. The molecule has 3 unspecified atom stereocenters. The van der Waals surface area contributed by atoms with Gasteiger partial charge in [0.05, 0.1) is 5.60 Å². The lowest BCUT2D eigenvalue weighted by atomic mass is 9.89. The Morgan fingerprint density at radius 2 is 1.32 bits per heavy atom. The van der Waals surface area contributed by atoms with E-state index in [1.165, 1.54) is 38.5 Å². The second-order valence-electron chi connectivity index (χ2n) is 8.23. The van der Waals surface area contributed by atoms with Crippen LogP contribution in [0.4, 0.5) is 0 Å². The smallest absolute Gasteiger partial charge is 0.122 e. The van der Waals surface area contributed by atoms with Crippen molar-refractivity contribution in [2.45, 2.75) is 104 Å². The van der Waals surface area contributed by atoms with Gasteiger partial charge in [-0.1, -0.05) is 79.1 Å².